The van der Waals surface area contributed by atoms with Gasteiger partial charge in [-0.05, 0) is 29.7 Å². The largest absolute Gasteiger partial charge is 0.478 e. The number of hydrogen-bond acceptors (Lipinski definition) is 3. The maximum atomic E-state index is 11.6. The van der Waals surface area contributed by atoms with Gasteiger partial charge in [0.05, 0.1) is 11.1 Å². The van der Waals surface area contributed by atoms with E-state index in [9.17, 15) is 19.8 Å². The highest BCUT2D eigenvalue weighted by Gasteiger charge is 2.23. The van der Waals surface area contributed by atoms with E-state index in [-0.39, 0.29) is 23.2 Å². The summed E-state index contributed by atoms with van der Waals surface area (Å²) in [5, 5.41) is 18.7. The van der Waals surface area contributed by atoms with E-state index in [2.05, 4.69) is 0 Å². The summed E-state index contributed by atoms with van der Waals surface area (Å²) < 4.78 is 0. The van der Waals surface area contributed by atoms with Crippen molar-refractivity contribution in [3.8, 4) is 11.1 Å². The number of carboxylic acid groups (broad SMARTS) is 2. The second-order valence-electron chi connectivity index (χ2n) is 4.64. The van der Waals surface area contributed by atoms with Crippen LogP contribution < -0.4 is 5.73 Å². The number of hydrogen-bond donors (Lipinski definition) is 3. The lowest BCUT2D eigenvalue weighted by Crippen LogP contribution is -2.13. The van der Waals surface area contributed by atoms with Crippen LogP contribution in [0.4, 0.5) is 0 Å². The maximum Gasteiger partial charge on any atom is 0.336 e. The predicted molar refractivity (Wildman–Crippen MR) is 78.4 cm³/mol. The molecule has 5 nitrogen and oxygen atoms in total. The standard InChI is InChI=1S/C16H15NO4/c1-9-12(15(18)19)7-11(8-17)14(13(9)16(20)21)10-5-3-2-4-6-10/h2-7H,8,17H2,1H3,(H,18,19)(H,20,21). The van der Waals surface area contributed by atoms with Crippen LogP contribution in [0.25, 0.3) is 11.1 Å². The molecule has 0 saturated heterocycles. The first-order valence-electron chi connectivity index (χ1n) is 6.36. The molecule has 108 valence electrons. The van der Waals surface area contributed by atoms with E-state index < -0.39 is 11.9 Å². The lowest BCUT2D eigenvalue weighted by Gasteiger charge is -2.16. The lowest BCUT2D eigenvalue weighted by molar-refractivity contribution is 0.0696. The molecule has 4 N–H and O–H groups in total. The molecule has 0 heterocycles. The third-order valence-electron chi connectivity index (χ3n) is 3.40. The molecule has 0 unspecified atom stereocenters. The predicted octanol–water partition coefficient (Wildman–Crippen LogP) is 2.52. The fourth-order valence-electron chi connectivity index (χ4n) is 2.42. The van der Waals surface area contributed by atoms with Crippen LogP contribution in [0.2, 0.25) is 0 Å². The minimum atomic E-state index is -1.16. The smallest absolute Gasteiger partial charge is 0.336 e. The average Bonchev–Trinajstić information content (AvgIpc) is 2.46. The van der Waals surface area contributed by atoms with E-state index in [0.29, 0.717) is 16.7 Å². The van der Waals surface area contributed by atoms with E-state index >= 15 is 0 Å². The van der Waals surface area contributed by atoms with Crippen LogP contribution in [-0.2, 0) is 6.54 Å². The Bertz CT molecular complexity index is 708. The summed E-state index contributed by atoms with van der Waals surface area (Å²) in [5.74, 6) is -2.33. The molecule has 2 rings (SSSR count). The van der Waals surface area contributed by atoms with Crippen LogP contribution in [0.3, 0.4) is 0 Å². The third-order valence-corrected chi connectivity index (χ3v) is 3.40. The summed E-state index contributed by atoms with van der Waals surface area (Å²) in [6, 6.07) is 10.4. The second kappa shape index (κ2) is 5.76. The van der Waals surface area contributed by atoms with Crippen LogP contribution in [0, 0.1) is 6.92 Å². The summed E-state index contributed by atoms with van der Waals surface area (Å²) in [4.78, 5) is 22.9. The topological polar surface area (TPSA) is 101 Å². The van der Waals surface area contributed by atoms with Crippen molar-refractivity contribution in [1.29, 1.82) is 0 Å². The molecule has 0 aliphatic rings. The molecule has 0 atom stereocenters. The monoisotopic (exact) mass is 285 g/mol. The second-order valence-corrected chi connectivity index (χ2v) is 4.64. The van der Waals surface area contributed by atoms with Crippen molar-refractivity contribution < 1.29 is 19.8 Å². The van der Waals surface area contributed by atoms with E-state index in [1.807, 2.05) is 6.07 Å². The zero-order valence-corrected chi connectivity index (χ0v) is 11.5. The highest BCUT2D eigenvalue weighted by molar-refractivity contribution is 6.03. The molecule has 0 aliphatic carbocycles. The summed E-state index contributed by atoms with van der Waals surface area (Å²) >= 11 is 0. The zero-order chi connectivity index (χ0) is 15.6. The molecule has 2 aromatic rings. The minimum Gasteiger partial charge on any atom is -0.478 e. The number of carboxylic acids is 2. The zero-order valence-electron chi connectivity index (χ0n) is 11.5. The fourth-order valence-corrected chi connectivity index (χ4v) is 2.42. The van der Waals surface area contributed by atoms with Gasteiger partial charge in [-0.1, -0.05) is 30.3 Å². The molecule has 0 aliphatic heterocycles. The van der Waals surface area contributed by atoms with E-state index in [1.54, 1.807) is 24.3 Å². The number of carbonyl (C=O) groups is 2. The first kappa shape index (κ1) is 14.7. The van der Waals surface area contributed by atoms with Crippen LogP contribution in [0.1, 0.15) is 31.8 Å². The van der Waals surface area contributed by atoms with Gasteiger partial charge in [0.2, 0.25) is 0 Å². The van der Waals surface area contributed by atoms with Crippen molar-refractivity contribution in [1.82, 2.24) is 0 Å². The molecule has 21 heavy (non-hydrogen) atoms. The molecular weight excluding hydrogens is 270 g/mol. The molecule has 5 heteroatoms. The summed E-state index contributed by atoms with van der Waals surface area (Å²) in [6.07, 6.45) is 0. The Morgan fingerprint density at radius 2 is 1.71 bits per heavy atom. The number of aromatic carboxylic acids is 2. The lowest BCUT2D eigenvalue weighted by atomic mass is 9.88. The maximum absolute atomic E-state index is 11.6. The van der Waals surface area contributed by atoms with Gasteiger partial charge in [0.15, 0.2) is 0 Å². The van der Waals surface area contributed by atoms with Crippen molar-refractivity contribution in [2.45, 2.75) is 13.5 Å². The first-order chi connectivity index (χ1) is 9.97. The van der Waals surface area contributed by atoms with Crippen LogP contribution >= 0.6 is 0 Å². The quantitative estimate of drug-likeness (QED) is 0.801. The summed E-state index contributed by atoms with van der Waals surface area (Å²) in [6.45, 7) is 1.56. The Kier molecular flexibility index (Phi) is 4.05. The molecular formula is C16H15NO4. The van der Waals surface area contributed by atoms with Gasteiger partial charge in [-0.3, -0.25) is 0 Å². The van der Waals surface area contributed by atoms with Crippen molar-refractivity contribution in [3.05, 3.63) is 58.7 Å². The molecule has 0 spiro atoms. The highest BCUT2D eigenvalue weighted by Crippen LogP contribution is 2.32. The molecule has 0 fully saturated rings. The molecule has 0 aromatic heterocycles. The molecule has 2 aromatic carbocycles. The van der Waals surface area contributed by atoms with Gasteiger partial charge in [-0.25, -0.2) is 9.59 Å². The summed E-state index contributed by atoms with van der Waals surface area (Å²) in [5.41, 5.74) is 7.56. The van der Waals surface area contributed by atoms with E-state index in [1.165, 1.54) is 13.0 Å². The van der Waals surface area contributed by atoms with Crippen LogP contribution in [0.5, 0.6) is 0 Å². The Morgan fingerprint density at radius 3 is 2.19 bits per heavy atom. The van der Waals surface area contributed by atoms with Crippen LogP contribution in [-0.4, -0.2) is 22.2 Å². The van der Waals surface area contributed by atoms with Gasteiger partial charge in [0.25, 0.3) is 0 Å². The van der Waals surface area contributed by atoms with Gasteiger partial charge >= 0.3 is 11.9 Å². The van der Waals surface area contributed by atoms with Gasteiger partial charge in [0.1, 0.15) is 0 Å². The third kappa shape index (κ3) is 2.64. The van der Waals surface area contributed by atoms with E-state index in [4.69, 9.17) is 5.73 Å². The number of nitrogens with two attached hydrogens (primary N) is 1. The SMILES string of the molecule is Cc1c(C(=O)O)cc(CN)c(-c2ccccc2)c1C(=O)O. The van der Waals surface area contributed by atoms with Crippen molar-refractivity contribution >= 4 is 11.9 Å². The van der Waals surface area contributed by atoms with Gasteiger partial charge in [-0.2, -0.15) is 0 Å². The van der Waals surface area contributed by atoms with Gasteiger partial charge in [0, 0.05) is 12.1 Å². The van der Waals surface area contributed by atoms with Crippen molar-refractivity contribution in [2.75, 3.05) is 0 Å². The normalized spacial score (nSPS) is 10.4. The van der Waals surface area contributed by atoms with Gasteiger partial charge in [-0.15, -0.1) is 0 Å². The Morgan fingerprint density at radius 1 is 1.10 bits per heavy atom. The highest BCUT2D eigenvalue weighted by atomic mass is 16.4. The molecule has 0 radical (unpaired) electrons. The average molecular weight is 285 g/mol. The summed E-state index contributed by atoms with van der Waals surface area (Å²) in [7, 11) is 0. The van der Waals surface area contributed by atoms with Crippen molar-refractivity contribution in [3.63, 3.8) is 0 Å². The molecule has 0 amide bonds. The first-order valence-corrected chi connectivity index (χ1v) is 6.36. The molecule has 0 bridgehead atoms. The fraction of sp³-hybridized carbons (Fsp3) is 0.125. The Balaban J connectivity index is 2.89. The van der Waals surface area contributed by atoms with E-state index in [0.717, 1.165) is 0 Å². The van der Waals surface area contributed by atoms with Gasteiger partial charge < -0.3 is 15.9 Å². The minimum absolute atomic E-state index is 0.0125. The Hall–Kier alpha value is -2.66. The number of rotatable bonds is 4. The Labute approximate surface area is 121 Å². The van der Waals surface area contributed by atoms with Crippen molar-refractivity contribution in [2.24, 2.45) is 5.73 Å². The van der Waals surface area contributed by atoms with Crippen LogP contribution in [0.15, 0.2) is 36.4 Å². The number of benzene rings is 2. The molecule has 0 saturated carbocycles.